The van der Waals surface area contributed by atoms with E-state index in [0.29, 0.717) is 17.4 Å². The molecule has 0 unspecified atom stereocenters. The van der Waals surface area contributed by atoms with Crippen molar-refractivity contribution < 1.29 is 8.81 Å². The number of aromatic nitrogens is 3. The Morgan fingerprint density at radius 2 is 1.85 bits per heavy atom. The SMILES string of the molecule is Cc1nc2c(C)cc(-c3cc(F)c4nn(C5CCNCC5)cc4c3)cc2o1. The molecule has 1 fully saturated rings. The minimum Gasteiger partial charge on any atom is -0.441 e. The van der Waals surface area contributed by atoms with Gasteiger partial charge in [0.2, 0.25) is 0 Å². The number of benzene rings is 2. The van der Waals surface area contributed by atoms with Crippen molar-refractivity contribution in [3.05, 3.63) is 47.7 Å². The highest BCUT2D eigenvalue weighted by Crippen LogP contribution is 2.32. The van der Waals surface area contributed by atoms with Crippen LogP contribution in [0.5, 0.6) is 0 Å². The average Bonchev–Trinajstić information content (AvgIpc) is 3.26. The molecular formula is C21H21FN4O. The average molecular weight is 364 g/mol. The van der Waals surface area contributed by atoms with E-state index >= 15 is 0 Å². The van der Waals surface area contributed by atoms with Gasteiger partial charge in [0.05, 0.1) is 6.04 Å². The number of rotatable bonds is 2. The molecule has 6 heteroatoms. The van der Waals surface area contributed by atoms with Gasteiger partial charge in [-0.3, -0.25) is 4.68 Å². The van der Waals surface area contributed by atoms with Gasteiger partial charge in [-0.25, -0.2) is 9.37 Å². The van der Waals surface area contributed by atoms with Gasteiger partial charge < -0.3 is 9.73 Å². The lowest BCUT2D eigenvalue weighted by Gasteiger charge is -2.22. The number of piperidine rings is 1. The largest absolute Gasteiger partial charge is 0.441 e. The topological polar surface area (TPSA) is 55.9 Å². The molecule has 0 atom stereocenters. The number of nitrogens with zero attached hydrogens (tertiary/aromatic N) is 3. The van der Waals surface area contributed by atoms with Crippen molar-refractivity contribution in [1.29, 1.82) is 0 Å². The van der Waals surface area contributed by atoms with Gasteiger partial charge in [0, 0.05) is 18.5 Å². The maximum absolute atomic E-state index is 14.8. The fourth-order valence-electron chi connectivity index (χ4n) is 4.01. The van der Waals surface area contributed by atoms with Gasteiger partial charge in [-0.2, -0.15) is 5.10 Å². The van der Waals surface area contributed by atoms with Crippen LogP contribution >= 0.6 is 0 Å². The van der Waals surface area contributed by atoms with Crippen LogP contribution in [0.15, 0.2) is 34.9 Å². The summed E-state index contributed by atoms with van der Waals surface area (Å²) in [6.45, 7) is 5.78. The van der Waals surface area contributed by atoms with Crippen molar-refractivity contribution in [1.82, 2.24) is 20.1 Å². The quantitative estimate of drug-likeness (QED) is 0.568. The van der Waals surface area contributed by atoms with Crippen molar-refractivity contribution in [3.8, 4) is 11.1 Å². The Balaban J connectivity index is 1.61. The van der Waals surface area contributed by atoms with E-state index in [2.05, 4.69) is 15.4 Å². The molecule has 2 aromatic carbocycles. The molecule has 138 valence electrons. The molecule has 0 amide bonds. The second kappa shape index (κ2) is 6.16. The molecule has 5 nitrogen and oxygen atoms in total. The fraction of sp³-hybridized carbons (Fsp3) is 0.333. The third-order valence-corrected chi connectivity index (χ3v) is 5.39. The summed E-state index contributed by atoms with van der Waals surface area (Å²) in [7, 11) is 0. The number of hydrogen-bond acceptors (Lipinski definition) is 4. The monoisotopic (exact) mass is 364 g/mol. The second-order valence-electron chi connectivity index (χ2n) is 7.36. The summed E-state index contributed by atoms with van der Waals surface area (Å²) < 4.78 is 22.4. The Labute approximate surface area is 156 Å². The first-order valence-corrected chi connectivity index (χ1v) is 9.36. The van der Waals surface area contributed by atoms with Crippen LogP contribution < -0.4 is 5.32 Å². The molecule has 1 aliphatic heterocycles. The molecule has 4 aromatic rings. The smallest absolute Gasteiger partial charge is 0.192 e. The van der Waals surface area contributed by atoms with Crippen LogP contribution in [0.2, 0.25) is 0 Å². The van der Waals surface area contributed by atoms with Gasteiger partial charge in [0.15, 0.2) is 17.3 Å². The van der Waals surface area contributed by atoms with E-state index in [1.54, 1.807) is 6.07 Å². The van der Waals surface area contributed by atoms with Crippen molar-refractivity contribution in [3.63, 3.8) is 0 Å². The zero-order valence-electron chi connectivity index (χ0n) is 15.4. The van der Waals surface area contributed by atoms with E-state index < -0.39 is 0 Å². The summed E-state index contributed by atoms with van der Waals surface area (Å²) in [6.07, 6.45) is 4.01. The second-order valence-corrected chi connectivity index (χ2v) is 7.36. The molecule has 3 heterocycles. The van der Waals surface area contributed by atoms with Crippen molar-refractivity contribution in [2.45, 2.75) is 32.7 Å². The molecule has 27 heavy (non-hydrogen) atoms. The predicted octanol–water partition coefficient (Wildman–Crippen LogP) is 4.52. The Kier molecular flexibility index (Phi) is 3.75. The number of oxazole rings is 1. The normalized spacial score (nSPS) is 15.8. The van der Waals surface area contributed by atoms with Crippen LogP contribution in [0, 0.1) is 19.7 Å². The van der Waals surface area contributed by atoms with Gasteiger partial charge >= 0.3 is 0 Å². The third-order valence-electron chi connectivity index (χ3n) is 5.39. The third kappa shape index (κ3) is 2.80. The molecule has 0 aliphatic carbocycles. The minimum atomic E-state index is -0.290. The van der Waals surface area contributed by atoms with Gasteiger partial charge in [-0.1, -0.05) is 0 Å². The minimum absolute atomic E-state index is 0.290. The Hall–Kier alpha value is -2.73. The number of hydrogen-bond donors (Lipinski definition) is 1. The van der Waals surface area contributed by atoms with Crippen LogP contribution in [-0.2, 0) is 0 Å². The van der Waals surface area contributed by atoms with E-state index in [4.69, 9.17) is 4.42 Å². The summed E-state index contributed by atoms with van der Waals surface area (Å²) in [6, 6.07) is 7.86. The van der Waals surface area contributed by atoms with Gasteiger partial charge in [-0.05, 0) is 73.8 Å². The van der Waals surface area contributed by atoms with Crippen molar-refractivity contribution >= 4 is 22.0 Å². The van der Waals surface area contributed by atoms with Crippen molar-refractivity contribution in [2.75, 3.05) is 13.1 Å². The first kappa shape index (κ1) is 16.4. The van der Waals surface area contributed by atoms with Gasteiger partial charge in [-0.15, -0.1) is 0 Å². The van der Waals surface area contributed by atoms with Gasteiger partial charge in [0.25, 0.3) is 0 Å². The lowest BCUT2D eigenvalue weighted by Crippen LogP contribution is -2.29. The summed E-state index contributed by atoms with van der Waals surface area (Å²) in [5.74, 6) is 0.344. The highest BCUT2D eigenvalue weighted by atomic mass is 19.1. The molecule has 0 spiro atoms. The highest BCUT2D eigenvalue weighted by Gasteiger charge is 2.18. The van der Waals surface area contributed by atoms with Crippen molar-refractivity contribution in [2.24, 2.45) is 0 Å². The van der Waals surface area contributed by atoms with E-state index in [-0.39, 0.29) is 5.82 Å². The molecule has 1 aliphatic rings. The number of fused-ring (bicyclic) bond motifs is 2. The summed E-state index contributed by atoms with van der Waals surface area (Å²) >= 11 is 0. The lowest BCUT2D eigenvalue weighted by atomic mass is 10.0. The number of aryl methyl sites for hydroxylation is 2. The maximum Gasteiger partial charge on any atom is 0.192 e. The lowest BCUT2D eigenvalue weighted by molar-refractivity contribution is 0.344. The zero-order valence-corrected chi connectivity index (χ0v) is 15.4. The molecule has 0 radical (unpaired) electrons. The van der Waals surface area contributed by atoms with Crippen LogP contribution in [0.1, 0.15) is 30.3 Å². The molecule has 5 rings (SSSR count). The summed E-state index contributed by atoms with van der Waals surface area (Å²) in [4.78, 5) is 4.41. The highest BCUT2D eigenvalue weighted by molar-refractivity contribution is 5.88. The Bertz CT molecular complexity index is 1150. The van der Waals surface area contributed by atoms with E-state index in [9.17, 15) is 4.39 Å². The standard InChI is InChI=1S/C21H21FN4O/c1-12-7-14(10-19-20(12)24-13(2)27-19)15-8-16-11-26(17-3-5-23-6-4-17)25-21(16)18(22)9-15/h7-11,17,23H,3-6H2,1-2H3. The van der Waals surface area contributed by atoms with Crippen LogP contribution in [0.4, 0.5) is 4.39 Å². The van der Waals surface area contributed by atoms with E-state index in [0.717, 1.165) is 59.1 Å². The molecular weight excluding hydrogens is 343 g/mol. The van der Waals surface area contributed by atoms with Gasteiger partial charge in [0.1, 0.15) is 11.0 Å². The fourth-order valence-corrected chi connectivity index (χ4v) is 4.01. The van der Waals surface area contributed by atoms with Crippen LogP contribution in [0.3, 0.4) is 0 Å². The molecule has 2 aromatic heterocycles. The number of nitrogens with one attached hydrogen (secondary N) is 1. The maximum atomic E-state index is 14.8. The van der Waals surface area contributed by atoms with Crippen LogP contribution in [0.25, 0.3) is 33.1 Å². The molecule has 1 saturated heterocycles. The predicted molar refractivity (Wildman–Crippen MR) is 103 cm³/mol. The summed E-state index contributed by atoms with van der Waals surface area (Å²) in [5, 5.41) is 8.71. The van der Waals surface area contributed by atoms with E-state index in [1.807, 2.05) is 42.9 Å². The van der Waals surface area contributed by atoms with Crippen LogP contribution in [-0.4, -0.2) is 27.9 Å². The first-order valence-electron chi connectivity index (χ1n) is 9.36. The van der Waals surface area contributed by atoms with E-state index in [1.165, 1.54) is 0 Å². The zero-order chi connectivity index (χ0) is 18.5. The molecule has 1 N–H and O–H groups in total. The molecule has 0 saturated carbocycles. The summed E-state index contributed by atoms with van der Waals surface area (Å²) in [5.41, 5.74) is 4.79. The molecule has 0 bridgehead atoms. The Morgan fingerprint density at radius 1 is 1.07 bits per heavy atom. The first-order chi connectivity index (χ1) is 13.1. The number of halogens is 1. The Morgan fingerprint density at radius 3 is 2.67 bits per heavy atom.